The van der Waals surface area contributed by atoms with Crippen LogP contribution in [0.25, 0.3) is 0 Å². The largest absolute Gasteiger partial charge is 0.384 e. The molecular weight excluding hydrogens is 312 g/mol. The Morgan fingerprint density at radius 3 is 2.61 bits per heavy atom. The number of hydrogen-bond acceptors (Lipinski definition) is 3. The summed E-state index contributed by atoms with van der Waals surface area (Å²) in [5.74, 6) is 0.115. The van der Waals surface area contributed by atoms with Gasteiger partial charge in [-0.2, -0.15) is 0 Å². The molecule has 1 aliphatic heterocycles. The van der Waals surface area contributed by atoms with Gasteiger partial charge in [0.05, 0.1) is 18.1 Å². The first kappa shape index (κ1) is 19.9. The molecule has 1 aromatic rings. The van der Waals surface area contributed by atoms with Gasteiger partial charge in [-0.1, -0.05) is 18.2 Å². The number of piperidine rings is 1. The molecule has 2 rings (SSSR count). The molecule has 0 saturated carbocycles. The lowest BCUT2D eigenvalue weighted by atomic mass is 9.78. The van der Waals surface area contributed by atoms with Gasteiger partial charge in [-0.15, -0.1) is 12.4 Å². The second-order valence-corrected chi connectivity index (χ2v) is 6.45. The SMILES string of the molecule is COCC1(C(=O)NC(C)c2cccc(C)c2C)CCNCC1.Cl. The Hall–Kier alpha value is -1.10. The van der Waals surface area contributed by atoms with Gasteiger partial charge in [0.15, 0.2) is 0 Å². The van der Waals surface area contributed by atoms with E-state index in [9.17, 15) is 4.79 Å². The van der Waals surface area contributed by atoms with Gasteiger partial charge >= 0.3 is 0 Å². The maximum absolute atomic E-state index is 12.9. The summed E-state index contributed by atoms with van der Waals surface area (Å²) < 4.78 is 5.35. The van der Waals surface area contributed by atoms with Crippen LogP contribution in [0.1, 0.15) is 42.5 Å². The van der Waals surface area contributed by atoms with Gasteiger partial charge in [-0.3, -0.25) is 4.79 Å². The molecule has 1 heterocycles. The molecular formula is C18H29ClN2O2. The zero-order valence-electron chi connectivity index (χ0n) is 14.6. The fourth-order valence-electron chi connectivity index (χ4n) is 3.29. The second-order valence-electron chi connectivity index (χ2n) is 6.45. The molecule has 1 amide bonds. The summed E-state index contributed by atoms with van der Waals surface area (Å²) in [5.41, 5.74) is 3.30. The number of aryl methyl sites for hydroxylation is 1. The molecule has 1 aliphatic rings. The van der Waals surface area contributed by atoms with E-state index >= 15 is 0 Å². The monoisotopic (exact) mass is 340 g/mol. The summed E-state index contributed by atoms with van der Waals surface area (Å²) in [5, 5.41) is 6.53. The molecule has 0 aliphatic carbocycles. The number of nitrogens with one attached hydrogen (secondary N) is 2. The van der Waals surface area contributed by atoms with Crippen molar-refractivity contribution in [1.29, 1.82) is 0 Å². The van der Waals surface area contributed by atoms with Crippen molar-refractivity contribution in [3.8, 4) is 0 Å². The van der Waals surface area contributed by atoms with Crippen LogP contribution in [0.2, 0.25) is 0 Å². The van der Waals surface area contributed by atoms with Crippen molar-refractivity contribution in [2.24, 2.45) is 5.41 Å². The van der Waals surface area contributed by atoms with E-state index < -0.39 is 5.41 Å². The number of carbonyl (C=O) groups is 1. The molecule has 0 radical (unpaired) electrons. The molecule has 0 bridgehead atoms. The topological polar surface area (TPSA) is 50.4 Å². The second kappa shape index (κ2) is 8.67. The Balaban J connectivity index is 0.00000264. The lowest BCUT2D eigenvalue weighted by Gasteiger charge is -2.36. The van der Waals surface area contributed by atoms with E-state index in [1.54, 1.807) is 7.11 Å². The minimum atomic E-state index is -0.397. The molecule has 0 spiro atoms. The van der Waals surface area contributed by atoms with E-state index in [-0.39, 0.29) is 24.4 Å². The highest BCUT2D eigenvalue weighted by Crippen LogP contribution is 2.31. The van der Waals surface area contributed by atoms with E-state index in [2.05, 4.69) is 49.6 Å². The predicted octanol–water partition coefficient (Wildman–Crippen LogP) is 2.92. The van der Waals surface area contributed by atoms with Gasteiger partial charge in [0.1, 0.15) is 0 Å². The van der Waals surface area contributed by atoms with Gasteiger partial charge in [0.25, 0.3) is 0 Å². The molecule has 1 atom stereocenters. The summed E-state index contributed by atoms with van der Waals surface area (Å²) in [4.78, 5) is 12.9. The van der Waals surface area contributed by atoms with Crippen molar-refractivity contribution < 1.29 is 9.53 Å². The minimum Gasteiger partial charge on any atom is -0.384 e. The van der Waals surface area contributed by atoms with E-state index in [0.29, 0.717) is 6.61 Å². The molecule has 0 aromatic heterocycles. The van der Waals surface area contributed by atoms with Crippen LogP contribution in [0.15, 0.2) is 18.2 Å². The summed E-state index contributed by atoms with van der Waals surface area (Å²) >= 11 is 0. The lowest BCUT2D eigenvalue weighted by Crippen LogP contribution is -2.50. The standard InChI is InChI=1S/C18H28N2O2.ClH/c1-13-6-5-7-16(14(13)2)15(3)20-17(21)18(12-22-4)8-10-19-11-9-18;/h5-7,15,19H,8-12H2,1-4H3,(H,20,21);1H. The molecule has 1 unspecified atom stereocenters. The number of hydrogen-bond donors (Lipinski definition) is 2. The van der Waals surface area contributed by atoms with Crippen LogP contribution in [-0.4, -0.2) is 32.7 Å². The summed E-state index contributed by atoms with van der Waals surface area (Å²) in [7, 11) is 1.67. The van der Waals surface area contributed by atoms with Gasteiger partial charge in [-0.25, -0.2) is 0 Å². The fraction of sp³-hybridized carbons (Fsp3) is 0.611. The van der Waals surface area contributed by atoms with E-state index in [4.69, 9.17) is 4.74 Å². The predicted molar refractivity (Wildman–Crippen MR) is 96.1 cm³/mol. The Labute approximate surface area is 145 Å². The molecule has 1 fully saturated rings. The van der Waals surface area contributed by atoms with Crippen LogP contribution in [0, 0.1) is 19.3 Å². The average molecular weight is 341 g/mol. The Morgan fingerprint density at radius 1 is 1.35 bits per heavy atom. The zero-order chi connectivity index (χ0) is 16.2. The van der Waals surface area contributed by atoms with Crippen molar-refractivity contribution in [2.75, 3.05) is 26.8 Å². The van der Waals surface area contributed by atoms with Crippen LogP contribution in [0.3, 0.4) is 0 Å². The average Bonchev–Trinajstić information content (AvgIpc) is 2.51. The molecule has 1 saturated heterocycles. The third-order valence-corrected chi connectivity index (χ3v) is 4.92. The highest BCUT2D eigenvalue weighted by molar-refractivity contribution is 5.85. The number of rotatable bonds is 5. The number of ether oxygens (including phenoxy) is 1. The van der Waals surface area contributed by atoms with Crippen LogP contribution in [-0.2, 0) is 9.53 Å². The van der Waals surface area contributed by atoms with Crippen molar-refractivity contribution in [2.45, 2.75) is 39.7 Å². The first-order valence-corrected chi connectivity index (χ1v) is 8.07. The van der Waals surface area contributed by atoms with Crippen molar-refractivity contribution >= 4 is 18.3 Å². The van der Waals surface area contributed by atoms with E-state index in [0.717, 1.165) is 25.9 Å². The van der Waals surface area contributed by atoms with Crippen LogP contribution < -0.4 is 10.6 Å². The van der Waals surface area contributed by atoms with Crippen LogP contribution in [0.5, 0.6) is 0 Å². The highest BCUT2D eigenvalue weighted by atomic mass is 35.5. The number of halogens is 1. The van der Waals surface area contributed by atoms with Gasteiger partial charge in [0.2, 0.25) is 5.91 Å². The first-order valence-electron chi connectivity index (χ1n) is 8.07. The summed E-state index contributed by atoms with van der Waals surface area (Å²) in [6.07, 6.45) is 1.65. The normalized spacial score (nSPS) is 17.9. The number of carbonyl (C=O) groups excluding carboxylic acids is 1. The van der Waals surface area contributed by atoms with Crippen LogP contribution in [0.4, 0.5) is 0 Å². The number of benzene rings is 1. The third-order valence-electron chi connectivity index (χ3n) is 4.92. The molecule has 23 heavy (non-hydrogen) atoms. The molecule has 5 heteroatoms. The quantitative estimate of drug-likeness (QED) is 0.866. The first-order chi connectivity index (χ1) is 10.5. The molecule has 130 valence electrons. The maximum atomic E-state index is 12.9. The van der Waals surface area contributed by atoms with Crippen molar-refractivity contribution in [1.82, 2.24) is 10.6 Å². The van der Waals surface area contributed by atoms with Crippen molar-refractivity contribution in [3.63, 3.8) is 0 Å². The lowest BCUT2D eigenvalue weighted by molar-refractivity contribution is -0.136. The van der Waals surface area contributed by atoms with Crippen molar-refractivity contribution in [3.05, 3.63) is 34.9 Å². The molecule has 1 aromatic carbocycles. The van der Waals surface area contributed by atoms with Gasteiger partial charge in [-0.05, 0) is 63.4 Å². The van der Waals surface area contributed by atoms with Crippen LogP contribution >= 0.6 is 12.4 Å². The highest BCUT2D eigenvalue weighted by Gasteiger charge is 2.40. The van der Waals surface area contributed by atoms with Gasteiger partial charge < -0.3 is 15.4 Å². The van der Waals surface area contributed by atoms with E-state index in [1.165, 1.54) is 16.7 Å². The molecule has 4 nitrogen and oxygen atoms in total. The Kier molecular flexibility index (Phi) is 7.52. The van der Waals surface area contributed by atoms with Gasteiger partial charge in [0, 0.05) is 7.11 Å². The summed E-state index contributed by atoms with van der Waals surface area (Å²) in [6.45, 7) is 8.50. The Bertz CT molecular complexity index is 522. The fourth-order valence-corrected chi connectivity index (χ4v) is 3.29. The zero-order valence-corrected chi connectivity index (χ0v) is 15.4. The maximum Gasteiger partial charge on any atom is 0.229 e. The smallest absolute Gasteiger partial charge is 0.229 e. The minimum absolute atomic E-state index is 0. The third kappa shape index (κ3) is 4.46. The number of amides is 1. The Morgan fingerprint density at radius 2 is 2.00 bits per heavy atom. The summed E-state index contributed by atoms with van der Waals surface area (Å²) in [6, 6.07) is 6.26. The molecule has 2 N–H and O–H groups in total. The number of methoxy groups -OCH3 is 1. The van der Waals surface area contributed by atoms with E-state index in [1.807, 2.05) is 0 Å².